The van der Waals surface area contributed by atoms with E-state index >= 15 is 0 Å². The van der Waals surface area contributed by atoms with Crippen LogP contribution in [0.15, 0.2) is 22.8 Å². The molecular formula is C46H74O19. The summed E-state index contributed by atoms with van der Waals surface area (Å²) in [5.41, 5.74) is -0.752. The highest BCUT2D eigenvalue weighted by Gasteiger charge is 2.69. The van der Waals surface area contributed by atoms with Crippen molar-refractivity contribution in [2.45, 2.75) is 203 Å². The summed E-state index contributed by atoms with van der Waals surface area (Å²) in [4.78, 5) is 13.8. The molecule has 0 amide bonds. The largest absolute Gasteiger partial charge is 0.481 e. The first-order valence-electron chi connectivity index (χ1n) is 23.4. The Kier molecular flexibility index (Phi) is 15.1. The Morgan fingerprint density at radius 1 is 0.754 bits per heavy atom. The quantitative estimate of drug-likeness (QED) is 0.102. The van der Waals surface area contributed by atoms with E-state index in [0.717, 1.165) is 16.7 Å². The van der Waals surface area contributed by atoms with Gasteiger partial charge in [-0.15, -0.1) is 0 Å². The van der Waals surface area contributed by atoms with E-state index in [9.17, 15) is 66.1 Å². The lowest BCUT2D eigenvalue weighted by Gasteiger charge is -2.61. The van der Waals surface area contributed by atoms with Crippen LogP contribution in [0.4, 0.5) is 0 Å². The summed E-state index contributed by atoms with van der Waals surface area (Å²) >= 11 is 0. The van der Waals surface area contributed by atoms with Gasteiger partial charge < -0.3 is 89.7 Å². The standard InChI is InChI=1S/C46H74O19/c1-20(2)7-9-25(49)21(3)22-12-16-46(42(57)58)24-8-10-29-43(4,23(24)11-15-44(22,46)5)14-13-30(45(29,6)59)64-41-38(35(54)32(51)27(18-48)62-41)65-39-36(55)33(52)28(19-60-39)63-40-37(56)34(53)31(50)26(17-47)61-40/h7,21-22,25-41,47-56,59H,8-19H2,1-6H3,(H,57,58)/t21?,22-,25+,26-,27-,28-,29-,30+,31+,32+,33-,34+,35+,36+,37-,38-,39+,40+,41+,43-,44-,45-,46+/m1/s1. The number of rotatable bonds is 13. The molecule has 12 N–H and O–H groups in total. The molecule has 23 atom stereocenters. The van der Waals surface area contributed by atoms with Gasteiger partial charge in [-0.2, -0.15) is 0 Å². The zero-order valence-electron chi connectivity index (χ0n) is 38.3. The van der Waals surface area contributed by atoms with Crippen molar-refractivity contribution in [2.75, 3.05) is 19.8 Å². The number of ether oxygens (including phenoxy) is 6. The molecule has 19 heteroatoms. The Balaban J connectivity index is 1.08. The van der Waals surface area contributed by atoms with Crippen LogP contribution in [0.5, 0.6) is 0 Å². The molecule has 3 aliphatic heterocycles. The number of fused-ring (bicyclic) bond motifs is 4. The average Bonchev–Trinajstić information content (AvgIpc) is 3.59. The van der Waals surface area contributed by atoms with Gasteiger partial charge in [0.15, 0.2) is 18.9 Å². The second kappa shape index (κ2) is 19.2. The molecule has 19 nitrogen and oxygen atoms in total. The van der Waals surface area contributed by atoms with Gasteiger partial charge in [0.05, 0.1) is 43.0 Å². The molecule has 0 radical (unpaired) electrons. The fraction of sp³-hybridized carbons (Fsp3) is 0.891. The van der Waals surface area contributed by atoms with E-state index in [2.05, 4.69) is 13.8 Å². The first kappa shape index (κ1) is 51.1. The van der Waals surface area contributed by atoms with Crippen LogP contribution >= 0.6 is 0 Å². The fourth-order valence-electron chi connectivity index (χ4n) is 13.4. The van der Waals surface area contributed by atoms with Gasteiger partial charge in [0, 0.05) is 0 Å². The maximum atomic E-state index is 13.8. The van der Waals surface area contributed by atoms with E-state index in [-0.39, 0.29) is 18.3 Å². The maximum absolute atomic E-state index is 13.8. The van der Waals surface area contributed by atoms with Gasteiger partial charge in [0.1, 0.15) is 67.1 Å². The lowest BCUT2D eigenvalue weighted by atomic mass is 9.44. The number of aliphatic hydroxyl groups excluding tert-OH is 10. The van der Waals surface area contributed by atoms with E-state index in [0.29, 0.717) is 51.4 Å². The second-order valence-electron chi connectivity index (χ2n) is 20.9. The van der Waals surface area contributed by atoms with Gasteiger partial charge in [0.25, 0.3) is 0 Å². The summed E-state index contributed by atoms with van der Waals surface area (Å²) < 4.78 is 35.2. The molecule has 3 saturated heterocycles. The van der Waals surface area contributed by atoms with Crippen LogP contribution in [0.3, 0.4) is 0 Å². The SMILES string of the molecule is CC(C)=CC[C@H](O)C(C)[C@H]1CC[C@@]2(C(=O)O)C3=C(CC[C@]12C)[C@@]1(C)CC[C@H](O[C@@H]2O[C@H](CO)[C@H](O)[C@H](O)[C@H]2O[C@@H]2OC[C@@H](O[C@@H]4O[C@H](CO)[C@H](O)[C@H](O)[C@H]4O)[C@@H](O)[C@@H]2O)[C@](C)(O)[C@@H]1CC3. The fourth-order valence-corrected chi connectivity index (χ4v) is 13.4. The summed E-state index contributed by atoms with van der Waals surface area (Å²) in [5.74, 6) is -1.38. The van der Waals surface area contributed by atoms with Crippen molar-refractivity contribution in [3.05, 3.63) is 22.8 Å². The van der Waals surface area contributed by atoms with E-state index in [4.69, 9.17) is 28.4 Å². The van der Waals surface area contributed by atoms with Crippen molar-refractivity contribution in [1.29, 1.82) is 0 Å². The van der Waals surface area contributed by atoms with Crippen LogP contribution in [-0.2, 0) is 33.2 Å². The summed E-state index contributed by atoms with van der Waals surface area (Å²) in [7, 11) is 0. The third-order valence-electron chi connectivity index (χ3n) is 17.2. The molecule has 372 valence electrons. The normalized spacial score (nSPS) is 49.9. The first-order valence-corrected chi connectivity index (χ1v) is 23.4. The smallest absolute Gasteiger partial charge is 0.314 e. The molecule has 0 aromatic carbocycles. The van der Waals surface area contributed by atoms with E-state index < -0.39 is 152 Å². The summed E-state index contributed by atoms with van der Waals surface area (Å²) in [5, 5.41) is 130. The summed E-state index contributed by atoms with van der Waals surface area (Å²) in [6.45, 7) is 9.95. The lowest BCUT2D eigenvalue weighted by molar-refractivity contribution is -0.380. The molecule has 2 saturated carbocycles. The third kappa shape index (κ3) is 8.59. The Bertz CT molecular complexity index is 1750. The Hall–Kier alpha value is -1.73. The number of hydrogen-bond acceptors (Lipinski definition) is 18. The zero-order valence-corrected chi connectivity index (χ0v) is 38.3. The van der Waals surface area contributed by atoms with Crippen LogP contribution < -0.4 is 0 Å². The van der Waals surface area contributed by atoms with Gasteiger partial charge in [-0.1, -0.05) is 43.6 Å². The Morgan fingerprint density at radius 3 is 2.02 bits per heavy atom. The van der Waals surface area contributed by atoms with Gasteiger partial charge in [0.2, 0.25) is 0 Å². The Morgan fingerprint density at radius 2 is 1.38 bits per heavy atom. The van der Waals surface area contributed by atoms with Gasteiger partial charge in [-0.05, 0) is 107 Å². The number of hydrogen-bond donors (Lipinski definition) is 12. The molecule has 7 aliphatic rings. The van der Waals surface area contributed by atoms with Crippen molar-refractivity contribution in [3.8, 4) is 0 Å². The predicted octanol–water partition coefficient (Wildman–Crippen LogP) is -0.649. The Labute approximate surface area is 379 Å². The molecule has 0 aromatic heterocycles. The maximum Gasteiger partial charge on any atom is 0.314 e. The number of aliphatic carboxylic acids is 1. The predicted molar refractivity (Wildman–Crippen MR) is 225 cm³/mol. The minimum atomic E-state index is -1.89. The van der Waals surface area contributed by atoms with E-state index in [1.807, 2.05) is 26.8 Å². The number of allylic oxidation sites excluding steroid dienone is 2. The highest BCUT2D eigenvalue weighted by Crippen LogP contribution is 2.72. The van der Waals surface area contributed by atoms with Gasteiger partial charge in [-0.3, -0.25) is 4.79 Å². The minimum Gasteiger partial charge on any atom is -0.481 e. The average molecular weight is 931 g/mol. The molecule has 5 fully saturated rings. The number of aliphatic hydroxyl groups is 11. The van der Waals surface area contributed by atoms with Crippen LogP contribution in [-0.4, -0.2) is 191 Å². The van der Waals surface area contributed by atoms with Crippen molar-refractivity contribution >= 4 is 5.97 Å². The zero-order chi connectivity index (χ0) is 47.7. The van der Waals surface area contributed by atoms with Crippen molar-refractivity contribution in [2.24, 2.45) is 34.0 Å². The van der Waals surface area contributed by atoms with Crippen LogP contribution in [0, 0.1) is 34.0 Å². The number of carboxylic acids is 1. The minimum absolute atomic E-state index is 0.0112. The molecule has 0 aromatic rings. The lowest BCUT2D eigenvalue weighted by Crippen LogP contribution is -2.66. The van der Waals surface area contributed by atoms with Gasteiger partial charge >= 0.3 is 5.97 Å². The molecule has 0 spiro atoms. The number of carboxylic acid groups (broad SMARTS) is 1. The van der Waals surface area contributed by atoms with E-state index in [1.54, 1.807) is 6.92 Å². The molecule has 0 bridgehead atoms. The first-order chi connectivity index (χ1) is 30.5. The highest BCUT2D eigenvalue weighted by atomic mass is 16.8. The third-order valence-corrected chi connectivity index (χ3v) is 17.2. The van der Waals surface area contributed by atoms with E-state index in [1.165, 1.54) is 0 Å². The highest BCUT2D eigenvalue weighted by molar-refractivity contribution is 5.82. The van der Waals surface area contributed by atoms with Crippen molar-refractivity contribution < 1.29 is 94.5 Å². The summed E-state index contributed by atoms with van der Waals surface area (Å²) in [6, 6.07) is 0. The van der Waals surface area contributed by atoms with Crippen LogP contribution in [0.25, 0.3) is 0 Å². The molecule has 65 heavy (non-hydrogen) atoms. The number of carbonyl (C=O) groups is 1. The second-order valence-corrected chi connectivity index (χ2v) is 20.9. The molecular weight excluding hydrogens is 856 g/mol. The summed E-state index contributed by atoms with van der Waals surface area (Å²) in [6.07, 6.45) is -17.9. The monoisotopic (exact) mass is 930 g/mol. The topological polar surface area (TPSA) is 315 Å². The molecule has 1 unspecified atom stereocenters. The molecule has 4 aliphatic carbocycles. The molecule has 3 heterocycles. The van der Waals surface area contributed by atoms with Gasteiger partial charge in [-0.25, -0.2) is 0 Å². The van der Waals surface area contributed by atoms with Crippen LogP contribution in [0.1, 0.15) is 99.3 Å². The molecule has 7 rings (SSSR count). The van der Waals surface area contributed by atoms with Crippen molar-refractivity contribution in [3.63, 3.8) is 0 Å². The van der Waals surface area contributed by atoms with Crippen molar-refractivity contribution in [1.82, 2.24) is 0 Å². The van der Waals surface area contributed by atoms with Crippen LogP contribution in [0.2, 0.25) is 0 Å².